The quantitative estimate of drug-likeness (QED) is 0.692. The second kappa shape index (κ2) is 9.59. The van der Waals surface area contributed by atoms with Gasteiger partial charge in [-0.1, -0.05) is 12.0 Å². The van der Waals surface area contributed by atoms with Crippen molar-refractivity contribution in [1.29, 1.82) is 0 Å². The molecule has 0 radical (unpaired) electrons. The lowest BCUT2D eigenvalue weighted by Crippen LogP contribution is -2.14. The predicted octanol–water partition coefficient (Wildman–Crippen LogP) is 2.53. The fraction of sp³-hybridized carbons (Fsp3) is 0.529. The molecule has 0 atom stereocenters. The highest BCUT2D eigenvalue weighted by Crippen LogP contribution is 2.39. The number of rotatable bonds is 10. The van der Waals surface area contributed by atoms with Gasteiger partial charge in [0.05, 0.1) is 26.4 Å². The van der Waals surface area contributed by atoms with Gasteiger partial charge in [0.15, 0.2) is 11.5 Å². The topological polar surface area (TPSA) is 100 Å². The van der Waals surface area contributed by atoms with Crippen molar-refractivity contribution in [3.05, 3.63) is 17.7 Å². The summed E-state index contributed by atoms with van der Waals surface area (Å²) in [5, 5.41) is 14.4. The monoisotopic (exact) mass is 363 g/mol. The minimum absolute atomic E-state index is 0.147. The number of hydrogen-bond acceptors (Lipinski definition) is 7. The van der Waals surface area contributed by atoms with Gasteiger partial charge in [-0.3, -0.25) is 10.1 Å². The minimum Gasteiger partial charge on any atom is -0.490 e. The van der Waals surface area contributed by atoms with Crippen LogP contribution in [0.5, 0.6) is 17.2 Å². The Morgan fingerprint density at radius 3 is 2.19 bits per heavy atom. The zero-order valence-corrected chi connectivity index (χ0v) is 15.6. The number of aromatic nitrogens is 4. The molecule has 1 amide bonds. The van der Waals surface area contributed by atoms with Crippen LogP contribution in [0.4, 0.5) is 5.95 Å². The van der Waals surface area contributed by atoms with Gasteiger partial charge in [0, 0.05) is 5.56 Å². The van der Waals surface area contributed by atoms with Gasteiger partial charge >= 0.3 is 0 Å². The average Bonchev–Trinajstić information content (AvgIpc) is 3.05. The van der Waals surface area contributed by atoms with E-state index in [0.717, 1.165) is 6.42 Å². The molecule has 0 aliphatic carbocycles. The molecule has 1 N–H and O–H groups in total. The van der Waals surface area contributed by atoms with Crippen LogP contribution in [0.2, 0.25) is 0 Å². The Balaban J connectivity index is 2.29. The Morgan fingerprint density at radius 1 is 1.04 bits per heavy atom. The SMILES string of the molecule is CCCn1nnc(NC(=O)c2cc(OCC)c(OCC)c(OCC)c2)n1. The molecule has 2 rings (SSSR count). The first kappa shape index (κ1) is 19.5. The molecule has 1 heterocycles. The fourth-order valence-corrected chi connectivity index (χ4v) is 2.28. The second-order valence-electron chi connectivity index (χ2n) is 5.26. The van der Waals surface area contributed by atoms with Gasteiger partial charge in [-0.25, -0.2) is 0 Å². The zero-order chi connectivity index (χ0) is 18.9. The maximum absolute atomic E-state index is 12.6. The van der Waals surface area contributed by atoms with Crippen LogP contribution in [0.25, 0.3) is 0 Å². The zero-order valence-electron chi connectivity index (χ0n) is 15.6. The molecule has 26 heavy (non-hydrogen) atoms. The number of nitrogens with zero attached hydrogens (tertiary/aromatic N) is 4. The Morgan fingerprint density at radius 2 is 1.65 bits per heavy atom. The Kier molecular flexibility index (Phi) is 7.19. The van der Waals surface area contributed by atoms with Crippen LogP contribution in [0.15, 0.2) is 12.1 Å². The first-order chi connectivity index (χ1) is 12.6. The Labute approximate surface area is 152 Å². The number of ether oxygens (including phenoxy) is 3. The molecule has 0 spiro atoms. The highest BCUT2D eigenvalue weighted by molar-refractivity contribution is 6.04. The summed E-state index contributed by atoms with van der Waals surface area (Å²) in [6.45, 7) is 9.55. The molecule has 0 saturated heterocycles. The fourth-order valence-electron chi connectivity index (χ4n) is 2.28. The summed E-state index contributed by atoms with van der Waals surface area (Å²) >= 11 is 0. The molecule has 9 heteroatoms. The lowest BCUT2D eigenvalue weighted by molar-refractivity contribution is 0.102. The van der Waals surface area contributed by atoms with Crippen molar-refractivity contribution >= 4 is 11.9 Å². The van der Waals surface area contributed by atoms with E-state index in [1.807, 2.05) is 27.7 Å². The third-order valence-electron chi connectivity index (χ3n) is 3.27. The number of carbonyl (C=O) groups excluding carboxylic acids is 1. The van der Waals surface area contributed by atoms with E-state index in [1.54, 1.807) is 12.1 Å². The van der Waals surface area contributed by atoms with Crippen LogP contribution in [0, 0.1) is 0 Å². The van der Waals surface area contributed by atoms with Crippen LogP contribution in [-0.4, -0.2) is 45.9 Å². The number of amides is 1. The van der Waals surface area contributed by atoms with E-state index >= 15 is 0 Å². The lowest BCUT2D eigenvalue weighted by atomic mass is 10.1. The molecule has 9 nitrogen and oxygen atoms in total. The van der Waals surface area contributed by atoms with Gasteiger partial charge in [0.1, 0.15) is 0 Å². The number of hydrogen-bond donors (Lipinski definition) is 1. The van der Waals surface area contributed by atoms with E-state index < -0.39 is 0 Å². The number of anilines is 1. The van der Waals surface area contributed by atoms with Gasteiger partial charge in [-0.05, 0) is 44.5 Å². The van der Waals surface area contributed by atoms with E-state index in [1.165, 1.54) is 4.80 Å². The molecule has 0 aliphatic rings. The Bertz CT molecular complexity index is 705. The van der Waals surface area contributed by atoms with Crippen molar-refractivity contribution in [2.75, 3.05) is 25.1 Å². The summed E-state index contributed by atoms with van der Waals surface area (Å²) in [7, 11) is 0. The highest BCUT2D eigenvalue weighted by atomic mass is 16.5. The van der Waals surface area contributed by atoms with Gasteiger partial charge in [0.25, 0.3) is 11.9 Å². The standard InChI is InChI=1S/C17H25N5O4/c1-5-9-22-20-17(19-21-22)18-16(23)12-10-13(24-6-2)15(26-8-4)14(11-12)25-7-3/h10-11H,5-9H2,1-4H3,(H,18,20,23). The van der Waals surface area contributed by atoms with Crippen LogP contribution in [-0.2, 0) is 6.54 Å². The first-order valence-corrected chi connectivity index (χ1v) is 8.78. The summed E-state index contributed by atoms with van der Waals surface area (Å²) in [6, 6.07) is 3.23. The summed E-state index contributed by atoms with van der Waals surface area (Å²) < 4.78 is 16.9. The summed E-state index contributed by atoms with van der Waals surface area (Å²) in [5.41, 5.74) is 0.354. The first-order valence-electron chi connectivity index (χ1n) is 8.78. The van der Waals surface area contributed by atoms with Crippen LogP contribution in [0.1, 0.15) is 44.5 Å². The van der Waals surface area contributed by atoms with E-state index in [4.69, 9.17) is 14.2 Å². The van der Waals surface area contributed by atoms with Gasteiger partial charge in [0.2, 0.25) is 5.75 Å². The molecule has 0 bridgehead atoms. The van der Waals surface area contributed by atoms with Crippen molar-refractivity contribution in [2.45, 2.75) is 40.7 Å². The predicted molar refractivity (Wildman–Crippen MR) is 96.0 cm³/mol. The van der Waals surface area contributed by atoms with Crippen LogP contribution >= 0.6 is 0 Å². The lowest BCUT2D eigenvalue weighted by Gasteiger charge is -2.16. The molecule has 2 aromatic rings. The molecule has 1 aromatic heterocycles. The third-order valence-corrected chi connectivity index (χ3v) is 3.27. The molecule has 0 aliphatic heterocycles. The molecule has 142 valence electrons. The Hall–Kier alpha value is -2.84. The van der Waals surface area contributed by atoms with E-state index in [-0.39, 0.29) is 11.9 Å². The van der Waals surface area contributed by atoms with E-state index in [9.17, 15) is 4.79 Å². The molecular weight excluding hydrogens is 338 g/mol. The minimum atomic E-state index is -0.383. The maximum atomic E-state index is 12.6. The van der Waals surface area contributed by atoms with Gasteiger partial charge in [-0.2, -0.15) is 4.80 Å². The van der Waals surface area contributed by atoms with Crippen LogP contribution in [0.3, 0.4) is 0 Å². The molecule has 0 fully saturated rings. The van der Waals surface area contributed by atoms with Crippen LogP contribution < -0.4 is 19.5 Å². The van der Waals surface area contributed by atoms with Crippen molar-refractivity contribution in [3.8, 4) is 17.2 Å². The van der Waals surface area contributed by atoms with Crippen molar-refractivity contribution in [2.24, 2.45) is 0 Å². The molecular formula is C17H25N5O4. The number of nitrogens with one attached hydrogen (secondary N) is 1. The van der Waals surface area contributed by atoms with Crippen molar-refractivity contribution in [1.82, 2.24) is 20.2 Å². The second-order valence-corrected chi connectivity index (χ2v) is 5.26. The molecule has 1 aromatic carbocycles. The van der Waals surface area contributed by atoms with Crippen molar-refractivity contribution < 1.29 is 19.0 Å². The normalized spacial score (nSPS) is 10.5. The summed E-state index contributed by atoms with van der Waals surface area (Å²) in [5.74, 6) is 1.15. The average molecular weight is 363 g/mol. The number of carbonyl (C=O) groups is 1. The molecule has 0 unspecified atom stereocenters. The largest absolute Gasteiger partial charge is 0.490 e. The van der Waals surface area contributed by atoms with Gasteiger partial charge < -0.3 is 14.2 Å². The van der Waals surface area contributed by atoms with E-state index in [2.05, 4.69) is 20.7 Å². The van der Waals surface area contributed by atoms with E-state index in [0.29, 0.717) is 49.2 Å². The van der Waals surface area contributed by atoms with Crippen molar-refractivity contribution in [3.63, 3.8) is 0 Å². The maximum Gasteiger partial charge on any atom is 0.270 e. The third kappa shape index (κ3) is 4.84. The summed E-state index contributed by atoms with van der Waals surface area (Å²) in [6.07, 6.45) is 0.873. The smallest absolute Gasteiger partial charge is 0.270 e. The van der Waals surface area contributed by atoms with Gasteiger partial charge in [-0.15, -0.1) is 5.10 Å². The number of tetrazole rings is 1. The molecule has 0 saturated carbocycles. The number of aryl methyl sites for hydroxylation is 1. The summed E-state index contributed by atoms with van der Waals surface area (Å²) in [4.78, 5) is 14.0. The highest BCUT2D eigenvalue weighted by Gasteiger charge is 2.19. The number of benzene rings is 1.